The van der Waals surface area contributed by atoms with Crippen LogP contribution in [0.5, 0.6) is 0 Å². The Morgan fingerprint density at radius 3 is 2.95 bits per heavy atom. The summed E-state index contributed by atoms with van der Waals surface area (Å²) in [6.07, 6.45) is 1.24. The number of hydrogen-bond donors (Lipinski definition) is 3. The number of carbonyl (C=O) groups is 2. The zero-order valence-electron chi connectivity index (χ0n) is 9.81. The van der Waals surface area contributed by atoms with Crippen LogP contribution in [0.3, 0.4) is 0 Å². The molecular weight excluding hydrogens is 256 g/mol. The summed E-state index contributed by atoms with van der Waals surface area (Å²) in [4.78, 5) is 22.3. The van der Waals surface area contributed by atoms with Crippen LogP contribution >= 0.6 is 0 Å². The molecule has 0 saturated heterocycles. The monoisotopic (exact) mass is 266 g/mol. The van der Waals surface area contributed by atoms with Gasteiger partial charge in [0.15, 0.2) is 11.5 Å². The summed E-state index contributed by atoms with van der Waals surface area (Å²) in [6, 6.07) is -0.462. The van der Waals surface area contributed by atoms with E-state index in [4.69, 9.17) is 5.11 Å². The van der Waals surface area contributed by atoms with Gasteiger partial charge in [0.25, 0.3) is 5.91 Å². The van der Waals surface area contributed by atoms with Crippen molar-refractivity contribution in [3.63, 3.8) is 0 Å². The highest BCUT2D eigenvalue weighted by Gasteiger charge is 2.17. The van der Waals surface area contributed by atoms with Crippen LogP contribution in [0.2, 0.25) is 0 Å². The highest BCUT2D eigenvalue weighted by molar-refractivity contribution is 5.92. The van der Waals surface area contributed by atoms with Gasteiger partial charge >= 0.3 is 5.97 Å². The minimum absolute atomic E-state index is 0.0107. The molecule has 2 rings (SSSR count). The van der Waals surface area contributed by atoms with Crippen molar-refractivity contribution in [1.82, 2.24) is 40.9 Å². The average molecular weight is 266 g/mol. The lowest BCUT2D eigenvalue weighted by Gasteiger charge is -2.07. The van der Waals surface area contributed by atoms with E-state index in [9.17, 15) is 9.59 Å². The molecule has 0 saturated carbocycles. The summed E-state index contributed by atoms with van der Waals surface area (Å²) < 4.78 is 1.05. The predicted octanol–water partition coefficient (Wildman–Crippen LogP) is -1.63. The predicted molar refractivity (Wildman–Crippen MR) is 57.7 cm³/mol. The summed E-state index contributed by atoms with van der Waals surface area (Å²) in [7, 11) is 0. The molecular formula is C8H10N8O3. The van der Waals surface area contributed by atoms with Crippen molar-refractivity contribution >= 4 is 11.9 Å². The van der Waals surface area contributed by atoms with Crippen LogP contribution in [0, 0.1) is 0 Å². The Bertz CT molecular complexity index is 577. The highest BCUT2D eigenvalue weighted by atomic mass is 16.4. The van der Waals surface area contributed by atoms with Crippen molar-refractivity contribution in [2.45, 2.75) is 19.5 Å². The number of carboxylic acids is 1. The molecule has 100 valence electrons. The number of hydrogen-bond acceptors (Lipinski definition) is 7. The second-order valence-corrected chi connectivity index (χ2v) is 3.66. The van der Waals surface area contributed by atoms with Crippen LogP contribution in [0.1, 0.15) is 29.3 Å². The molecule has 2 aromatic heterocycles. The van der Waals surface area contributed by atoms with Crippen LogP contribution < -0.4 is 5.32 Å². The average Bonchev–Trinajstić information content (AvgIpc) is 2.97. The lowest BCUT2D eigenvalue weighted by molar-refractivity contribution is -0.137. The van der Waals surface area contributed by atoms with Gasteiger partial charge in [-0.2, -0.15) is 5.21 Å². The van der Waals surface area contributed by atoms with E-state index in [2.05, 4.69) is 36.3 Å². The molecule has 1 amide bonds. The number of tetrazole rings is 1. The maximum atomic E-state index is 11.8. The molecule has 0 bridgehead atoms. The minimum Gasteiger partial charge on any atom is -0.480 e. The normalized spacial score (nSPS) is 12.1. The molecule has 1 unspecified atom stereocenters. The molecule has 0 aliphatic heterocycles. The van der Waals surface area contributed by atoms with Gasteiger partial charge < -0.3 is 10.4 Å². The van der Waals surface area contributed by atoms with E-state index in [-0.39, 0.29) is 12.2 Å². The Labute approximate surface area is 106 Å². The second kappa shape index (κ2) is 5.20. The minimum atomic E-state index is -1.07. The third-order valence-corrected chi connectivity index (χ3v) is 2.17. The smallest absolute Gasteiger partial charge is 0.325 e. The zero-order valence-corrected chi connectivity index (χ0v) is 9.81. The van der Waals surface area contributed by atoms with E-state index in [0.29, 0.717) is 5.82 Å². The maximum absolute atomic E-state index is 11.8. The number of amides is 1. The Kier molecular flexibility index (Phi) is 3.45. The Balaban J connectivity index is 2.00. The molecule has 0 spiro atoms. The van der Waals surface area contributed by atoms with E-state index in [1.54, 1.807) is 6.92 Å². The fraction of sp³-hybridized carbons (Fsp3) is 0.375. The molecule has 1 atom stereocenters. The molecule has 3 N–H and O–H groups in total. The molecule has 0 aliphatic carbocycles. The van der Waals surface area contributed by atoms with E-state index < -0.39 is 17.9 Å². The van der Waals surface area contributed by atoms with Gasteiger partial charge in [0, 0.05) is 0 Å². The molecule has 19 heavy (non-hydrogen) atoms. The van der Waals surface area contributed by atoms with Gasteiger partial charge in [0.1, 0.15) is 6.54 Å². The number of carboxylic acid groups (broad SMARTS) is 1. The van der Waals surface area contributed by atoms with Crippen molar-refractivity contribution in [3.05, 3.63) is 17.7 Å². The summed E-state index contributed by atoms with van der Waals surface area (Å²) >= 11 is 0. The van der Waals surface area contributed by atoms with E-state index in [0.717, 1.165) is 4.68 Å². The van der Waals surface area contributed by atoms with Crippen LogP contribution in [0.15, 0.2) is 6.20 Å². The first-order chi connectivity index (χ1) is 9.06. The Morgan fingerprint density at radius 2 is 2.32 bits per heavy atom. The third kappa shape index (κ3) is 3.08. The quantitative estimate of drug-likeness (QED) is 0.583. The topological polar surface area (TPSA) is 152 Å². The van der Waals surface area contributed by atoms with Crippen LogP contribution in [-0.2, 0) is 11.3 Å². The lowest BCUT2D eigenvalue weighted by atomic mass is 10.3. The third-order valence-electron chi connectivity index (χ3n) is 2.17. The first kappa shape index (κ1) is 12.6. The summed E-state index contributed by atoms with van der Waals surface area (Å²) in [5.41, 5.74) is 0.0107. The molecule has 11 nitrogen and oxygen atoms in total. The SMILES string of the molecule is CC(NC(=O)c1cn(CC(=O)O)nn1)c1nn[nH]n1. The van der Waals surface area contributed by atoms with Crippen LogP contribution in [0.4, 0.5) is 0 Å². The largest absolute Gasteiger partial charge is 0.480 e. The van der Waals surface area contributed by atoms with Crippen molar-refractivity contribution in [2.75, 3.05) is 0 Å². The van der Waals surface area contributed by atoms with Gasteiger partial charge in [0.05, 0.1) is 12.2 Å². The molecule has 0 fully saturated rings. The number of aromatic nitrogens is 7. The summed E-state index contributed by atoms with van der Waals surface area (Å²) in [5.74, 6) is -1.25. The molecule has 0 radical (unpaired) electrons. The summed E-state index contributed by atoms with van der Waals surface area (Å²) in [6.45, 7) is 1.31. The molecule has 11 heteroatoms. The standard InChI is InChI=1S/C8H10N8O3/c1-4(7-11-13-14-12-7)9-8(19)5-2-16(15-10-5)3-6(17)18/h2,4H,3H2,1H3,(H,9,19)(H,17,18)(H,11,12,13,14). The molecule has 2 heterocycles. The van der Waals surface area contributed by atoms with Gasteiger partial charge in [-0.3, -0.25) is 9.59 Å². The van der Waals surface area contributed by atoms with Crippen LogP contribution in [-0.4, -0.2) is 52.6 Å². The molecule has 2 aromatic rings. The van der Waals surface area contributed by atoms with Gasteiger partial charge in [0.2, 0.25) is 0 Å². The maximum Gasteiger partial charge on any atom is 0.325 e. The number of nitrogens with zero attached hydrogens (tertiary/aromatic N) is 6. The van der Waals surface area contributed by atoms with E-state index >= 15 is 0 Å². The van der Waals surface area contributed by atoms with Crippen molar-refractivity contribution in [1.29, 1.82) is 0 Å². The molecule has 0 aromatic carbocycles. The van der Waals surface area contributed by atoms with Gasteiger partial charge in [-0.15, -0.1) is 15.3 Å². The number of aliphatic carboxylic acids is 1. The van der Waals surface area contributed by atoms with Gasteiger partial charge in [-0.1, -0.05) is 10.4 Å². The Hall–Kier alpha value is -2.85. The van der Waals surface area contributed by atoms with Crippen LogP contribution in [0.25, 0.3) is 0 Å². The molecule has 0 aliphatic rings. The lowest BCUT2D eigenvalue weighted by Crippen LogP contribution is -2.27. The Morgan fingerprint density at radius 1 is 1.53 bits per heavy atom. The summed E-state index contributed by atoms with van der Waals surface area (Å²) in [5, 5.41) is 31.3. The first-order valence-electron chi connectivity index (χ1n) is 5.22. The van der Waals surface area contributed by atoms with Gasteiger partial charge in [-0.25, -0.2) is 4.68 Å². The van der Waals surface area contributed by atoms with Gasteiger partial charge in [-0.05, 0) is 6.92 Å². The number of aromatic amines is 1. The fourth-order valence-corrected chi connectivity index (χ4v) is 1.31. The van der Waals surface area contributed by atoms with Crippen molar-refractivity contribution in [3.8, 4) is 0 Å². The highest BCUT2D eigenvalue weighted by Crippen LogP contribution is 2.04. The fourth-order valence-electron chi connectivity index (χ4n) is 1.31. The van der Waals surface area contributed by atoms with E-state index in [1.165, 1.54) is 6.20 Å². The second-order valence-electron chi connectivity index (χ2n) is 3.66. The first-order valence-corrected chi connectivity index (χ1v) is 5.22. The number of H-pyrrole nitrogens is 1. The number of carbonyl (C=O) groups excluding carboxylic acids is 1. The van der Waals surface area contributed by atoms with E-state index in [1.807, 2.05) is 0 Å². The number of rotatable bonds is 5. The van der Waals surface area contributed by atoms with Crippen molar-refractivity contribution < 1.29 is 14.7 Å². The zero-order chi connectivity index (χ0) is 13.8. The van der Waals surface area contributed by atoms with Crippen molar-refractivity contribution in [2.24, 2.45) is 0 Å². The number of nitrogens with one attached hydrogen (secondary N) is 2.